The summed E-state index contributed by atoms with van der Waals surface area (Å²) in [7, 11) is 0. The van der Waals surface area contributed by atoms with Crippen LogP contribution < -0.4 is 5.32 Å². The Morgan fingerprint density at radius 1 is 1.50 bits per heavy atom. The number of aliphatic hydroxyl groups excluding tert-OH is 1. The normalized spacial score (nSPS) is 13.2. The van der Waals surface area contributed by atoms with Crippen LogP contribution in [0.4, 0.5) is 13.2 Å². The van der Waals surface area contributed by atoms with Gasteiger partial charge in [-0.2, -0.15) is 13.2 Å². The van der Waals surface area contributed by atoms with Crippen LogP contribution in [0.3, 0.4) is 0 Å². The molecule has 0 fully saturated rings. The molecule has 8 heteroatoms. The van der Waals surface area contributed by atoms with Gasteiger partial charge in [-0.15, -0.1) is 0 Å². The molecular weight excluding hydrogens is 207 g/mol. The highest BCUT2D eigenvalue weighted by molar-refractivity contribution is 5.86. The van der Waals surface area contributed by atoms with E-state index in [1.165, 1.54) is 6.92 Å². The molecule has 0 aromatic carbocycles. The zero-order chi connectivity index (χ0) is 11.4. The SMILES string of the molecule is CCOC(=O)C(O)NC(=O)C(F)(F)F. The van der Waals surface area contributed by atoms with Crippen molar-refractivity contribution in [1.82, 2.24) is 5.32 Å². The largest absolute Gasteiger partial charge is 0.471 e. The quantitative estimate of drug-likeness (QED) is 0.493. The number of alkyl halides is 3. The number of esters is 1. The summed E-state index contributed by atoms with van der Waals surface area (Å²) >= 11 is 0. The monoisotopic (exact) mass is 215 g/mol. The van der Waals surface area contributed by atoms with Crippen LogP contribution in [-0.2, 0) is 14.3 Å². The summed E-state index contributed by atoms with van der Waals surface area (Å²) in [5, 5.41) is 9.70. The van der Waals surface area contributed by atoms with Crippen molar-refractivity contribution in [2.24, 2.45) is 0 Å². The first kappa shape index (κ1) is 12.7. The van der Waals surface area contributed by atoms with Crippen molar-refractivity contribution in [1.29, 1.82) is 0 Å². The fraction of sp³-hybridized carbons (Fsp3) is 0.667. The van der Waals surface area contributed by atoms with Crippen LogP contribution >= 0.6 is 0 Å². The van der Waals surface area contributed by atoms with E-state index in [4.69, 9.17) is 5.11 Å². The number of ether oxygens (including phenoxy) is 1. The van der Waals surface area contributed by atoms with Crippen molar-refractivity contribution < 1.29 is 32.6 Å². The fourth-order valence-electron chi connectivity index (χ4n) is 0.486. The van der Waals surface area contributed by atoms with Crippen molar-refractivity contribution in [2.75, 3.05) is 6.61 Å². The lowest BCUT2D eigenvalue weighted by Crippen LogP contribution is -2.47. The summed E-state index contributed by atoms with van der Waals surface area (Å²) in [5.74, 6) is -3.75. The molecule has 0 aromatic heterocycles. The third-order valence-corrected chi connectivity index (χ3v) is 1.04. The highest BCUT2D eigenvalue weighted by Crippen LogP contribution is 2.14. The lowest BCUT2D eigenvalue weighted by Gasteiger charge is -2.12. The summed E-state index contributed by atoms with van der Waals surface area (Å²) in [5.41, 5.74) is 0. The third-order valence-electron chi connectivity index (χ3n) is 1.04. The molecule has 14 heavy (non-hydrogen) atoms. The van der Waals surface area contributed by atoms with Gasteiger partial charge in [0.05, 0.1) is 6.61 Å². The Labute approximate surface area is 76.8 Å². The van der Waals surface area contributed by atoms with E-state index >= 15 is 0 Å². The van der Waals surface area contributed by atoms with Crippen LogP contribution in [0.5, 0.6) is 0 Å². The van der Waals surface area contributed by atoms with E-state index in [0.717, 1.165) is 5.32 Å². The molecule has 0 rings (SSSR count). The van der Waals surface area contributed by atoms with Gasteiger partial charge in [0, 0.05) is 0 Å². The molecule has 1 atom stereocenters. The average molecular weight is 215 g/mol. The summed E-state index contributed by atoms with van der Waals surface area (Å²) < 4.78 is 38.9. The van der Waals surface area contributed by atoms with E-state index in [2.05, 4.69) is 4.74 Å². The van der Waals surface area contributed by atoms with Crippen LogP contribution in [-0.4, -0.2) is 36.0 Å². The van der Waals surface area contributed by atoms with Crippen molar-refractivity contribution in [2.45, 2.75) is 19.3 Å². The van der Waals surface area contributed by atoms with Crippen LogP contribution in [0.1, 0.15) is 6.92 Å². The van der Waals surface area contributed by atoms with Crippen LogP contribution in [0, 0.1) is 0 Å². The Morgan fingerprint density at radius 3 is 2.36 bits per heavy atom. The molecule has 0 aliphatic rings. The minimum atomic E-state index is -5.15. The van der Waals surface area contributed by atoms with Crippen molar-refractivity contribution >= 4 is 11.9 Å². The van der Waals surface area contributed by atoms with Crippen LogP contribution in [0.15, 0.2) is 0 Å². The predicted octanol–water partition coefficient (Wildman–Crippen LogP) is -0.454. The topological polar surface area (TPSA) is 75.6 Å². The van der Waals surface area contributed by atoms with E-state index in [1.807, 2.05) is 0 Å². The number of amides is 1. The lowest BCUT2D eigenvalue weighted by atomic mass is 10.5. The fourth-order valence-corrected chi connectivity index (χ4v) is 0.486. The third kappa shape index (κ3) is 4.08. The number of carbonyl (C=O) groups is 2. The molecular formula is C6H8F3NO4. The summed E-state index contributed by atoms with van der Waals surface area (Å²) in [6.45, 7) is 1.29. The summed E-state index contributed by atoms with van der Waals surface area (Å²) in [6, 6.07) is 0. The molecule has 82 valence electrons. The van der Waals surface area contributed by atoms with E-state index < -0.39 is 24.3 Å². The standard InChI is InChI=1S/C6H8F3NO4/c1-2-14-4(12)3(11)10-5(13)6(7,8)9/h3,11H,2H2,1H3,(H,10,13). The van der Waals surface area contributed by atoms with Gasteiger partial charge >= 0.3 is 18.1 Å². The van der Waals surface area contributed by atoms with Crippen LogP contribution in [0.25, 0.3) is 0 Å². The molecule has 0 aliphatic heterocycles. The highest BCUT2D eigenvalue weighted by atomic mass is 19.4. The lowest BCUT2D eigenvalue weighted by molar-refractivity contribution is -0.180. The number of aliphatic hydroxyl groups is 1. The van der Waals surface area contributed by atoms with Gasteiger partial charge in [0.2, 0.25) is 6.23 Å². The minimum absolute atomic E-state index is 0.113. The zero-order valence-electron chi connectivity index (χ0n) is 7.09. The van der Waals surface area contributed by atoms with Crippen LogP contribution in [0.2, 0.25) is 0 Å². The highest BCUT2D eigenvalue weighted by Gasteiger charge is 2.40. The van der Waals surface area contributed by atoms with E-state index in [1.54, 1.807) is 0 Å². The molecule has 0 aromatic rings. The molecule has 0 heterocycles. The van der Waals surface area contributed by atoms with Crippen molar-refractivity contribution in [3.63, 3.8) is 0 Å². The van der Waals surface area contributed by atoms with E-state index in [9.17, 15) is 22.8 Å². The second-order valence-electron chi connectivity index (χ2n) is 2.13. The van der Waals surface area contributed by atoms with Gasteiger partial charge in [-0.1, -0.05) is 0 Å². The molecule has 1 unspecified atom stereocenters. The van der Waals surface area contributed by atoms with Gasteiger partial charge < -0.3 is 15.2 Å². The predicted molar refractivity (Wildman–Crippen MR) is 36.8 cm³/mol. The van der Waals surface area contributed by atoms with Gasteiger partial charge in [-0.25, -0.2) is 4.79 Å². The molecule has 0 radical (unpaired) electrons. The number of hydrogen-bond donors (Lipinski definition) is 2. The van der Waals surface area contributed by atoms with Gasteiger partial charge in [0.25, 0.3) is 0 Å². The van der Waals surface area contributed by atoms with Gasteiger partial charge in [-0.3, -0.25) is 4.79 Å². The van der Waals surface area contributed by atoms with E-state index in [-0.39, 0.29) is 6.61 Å². The Morgan fingerprint density at radius 2 is 2.00 bits per heavy atom. The Balaban J connectivity index is 4.13. The smallest absolute Gasteiger partial charge is 0.463 e. The molecule has 5 nitrogen and oxygen atoms in total. The van der Waals surface area contributed by atoms with Gasteiger partial charge in [-0.05, 0) is 6.92 Å². The summed E-state index contributed by atoms with van der Waals surface area (Å²) in [4.78, 5) is 20.7. The Hall–Kier alpha value is -1.31. The number of hydrogen-bond acceptors (Lipinski definition) is 4. The number of carbonyl (C=O) groups excluding carboxylic acids is 2. The second-order valence-corrected chi connectivity index (χ2v) is 2.13. The number of rotatable bonds is 3. The first-order valence-electron chi connectivity index (χ1n) is 3.51. The minimum Gasteiger partial charge on any atom is -0.463 e. The zero-order valence-corrected chi connectivity index (χ0v) is 7.09. The Kier molecular flexibility index (Phi) is 4.35. The molecule has 0 spiro atoms. The molecule has 0 saturated carbocycles. The molecule has 0 saturated heterocycles. The van der Waals surface area contributed by atoms with Crippen molar-refractivity contribution in [3.8, 4) is 0 Å². The second kappa shape index (κ2) is 4.80. The summed E-state index contributed by atoms with van der Waals surface area (Å²) in [6.07, 6.45) is -7.45. The maximum Gasteiger partial charge on any atom is 0.471 e. The van der Waals surface area contributed by atoms with Crippen molar-refractivity contribution in [3.05, 3.63) is 0 Å². The first-order valence-corrected chi connectivity index (χ1v) is 3.51. The molecule has 2 N–H and O–H groups in total. The maximum atomic E-state index is 11.6. The van der Waals surface area contributed by atoms with Gasteiger partial charge in [0.15, 0.2) is 0 Å². The molecule has 0 bridgehead atoms. The first-order chi connectivity index (χ1) is 6.29. The average Bonchev–Trinajstić information content (AvgIpc) is 2.02. The molecule has 0 aliphatic carbocycles. The Bertz CT molecular complexity index is 228. The number of nitrogens with one attached hydrogen (secondary N) is 1. The number of halogens is 3. The van der Waals surface area contributed by atoms with Gasteiger partial charge in [0.1, 0.15) is 0 Å². The molecule has 1 amide bonds. The maximum absolute atomic E-state index is 11.6. The van der Waals surface area contributed by atoms with E-state index in [0.29, 0.717) is 0 Å².